The highest BCUT2D eigenvalue weighted by atomic mass is 16.5. The first-order valence-electron chi connectivity index (χ1n) is 7.14. The molecule has 1 aliphatic rings. The van der Waals surface area contributed by atoms with Gasteiger partial charge in [0.05, 0.1) is 7.11 Å². The molecule has 1 rings (SSSR count). The van der Waals surface area contributed by atoms with Crippen LogP contribution in [-0.2, 0) is 9.53 Å². The second kappa shape index (κ2) is 6.77. The second-order valence-corrected chi connectivity index (χ2v) is 6.04. The number of methoxy groups -OCH3 is 1. The number of hydrogen-bond donors (Lipinski definition) is 2. The lowest BCUT2D eigenvalue weighted by atomic mass is 9.83. The minimum Gasteiger partial charge on any atom is -0.453 e. The van der Waals surface area contributed by atoms with Gasteiger partial charge in [-0.25, -0.2) is 4.79 Å². The molecule has 0 bridgehead atoms. The van der Waals surface area contributed by atoms with Crippen molar-refractivity contribution >= 4 is 12.0 Å². The van der Waals surface area contributed by atoms with Crippen LogP contribution in [0, 0.1) is 11.8 Å². The van der Waals surface area contributed by atoms with Crippen LogP contribution in [0.5, 0.6) is 0 Å². The van der Waals surface area contributed by atoms with Gasteiger partial charge in [0.1, 0.15) is 6.04 Å². The summed E-state index contributed by atoms with van der Waals surface area (Å²) >= 11 is 0. The van der Waals surface area contributed by atoms with E-state index < -0.39 is 12.1 Å². The van der Waals surface area contributed by atoms with Gasteiger partial charge in [0.25, 0.3) is 0 Å². The van der Waals surface area contributed by atoms with E-state index in [-0.39, 0.29) is 17.4 Å². The molecule has 0 saturated carbocycles. The van der Waals surface area contributed by atoms with Crippen molar-refractivity contribution in [3.8, 4) is 0 Å². The van der Waals surface area contributed by atoms with Crippen LogP contribution in [0.3, 0.4) is 0 Å². The number of carbonyl (C=O) groups is 2. The Balaban J connectivity index is 2.77. The zero-order valence-electron chi connectivity index (χ0n) is 13.0. The molecule has 0 fully saturated rings. The Kier molecular flexibility index (Phi) is 5.60. The van der Waals surface area contributed by atoms with Crippen molar-refractivity contribution in [3.63, 3.8) is 0 Å². The van der Waals surface area contributed by atoms with E-state index in [0.29, 0.717) is 5.92 Å². The largest absolute Gasteiger partial charge is 0.453 e. The van der Waals surface area contributed by atoms with Gasteiger partial charge >= 0.3 is 6.09 Å². The van der Waals surface area contributed by atoms with Gasteiger partial charge in [0, 0.05) is 5.54 Å². The van der Waals surface area contributed by atoms with Gasteiger partial charge in [-0.1, -0.05) is 39.8 Å². The maximum atomic E-state index is 12.5. The van der Waals surface area contributed by atoms with E-state index in [0.717, 1.165) is 12.8 Å². The molecular weight excluding hydrogens is 256 g/mol. The molecule has 1 atom stereocenters. The maximum Gasteiger partial charge on any atom is 0.407 e. The van der Waals surface area contributed by atoms with Gasteiger partial charge in [0.15, 0.2) is 0 Å². The SMILES string of the molecule is COC(=O)N[C@@H](C(=O)NC1(C(C)C)CC=CC1)C(C)C. The van der Waals surface area contributed by atoms with Crippen molar-refractivity contribution in [1.29, 1.82) is 0 Å². The topological polar surface area (TPSA) is 67.4 Å². The van der Waals surface area contributed by atoms with Crippen molar-refractivity contribution < 1.29 is 14.3 Å². The summed E-state index contributed by atoms with van der Waals surface area (Å²) in [6.07, 6.45) is 5.28. The minimum absolute atomic E-state index is 0.00678. The number of hydrogen-bond acceptors (Lipinski definition) is 3. The maximum absolute atomic E-state index is 12.5. The van der Waals surface area contributed by atoms with E-state index in [2.05, 4.69) is 41.4 Å². The van der Waals surface area contributed by atoms with Gasteiger partial charge < -0.3 is 15.4 Å². The summed E-state index contributed by atoms with van der Waals surface area (Å²) in [5.74, 6) is 0.169. The third-order valence-corrected chi connectivity index (χ3v) is 4.02. The van der Waals surface area contributed by atoms with E-state index in [1.54, 1.807) is 0 Å². The number of nitrogens with one attached hydrogen (secondary N) is 2. The molecule has 2 amide bonds. The van der Waals surface area contributed by atoms with Crippen molar-refractivity contribution in [2.75, 3.05) is 7.11 Å². The fourth-order valence-electron chi connectivity index (χ4n) is 2.43. The molecule has 0 aromatic rings. The highest BCUT2D eigenvalue weighted by Gasteiger charge is 2.38. The fraction of sp³-hybridized carbons (Fsp3) is 0.733. The Morgan fingerprint density at radius 1 is 1.15 bits per heavy atom. The van der Waals surface area contributed by atoms with Crippen LogP contribution >= 0.6 is 0 Å². The van der Waals surface area contributed by atoms with Gasteiger partial charge in [-0.3, -0.25) is 4.79 Å². The van der Waals surface area contributed by atoms with E-state index in [9.17, 15) is 9.59 Å². The third kappa shape index (κ3) is 3.74. The van der Waals surface area contributed by atoms with Crippen LogP contribution < -0.4 is 10.6 Å². The smallest absolute Gasteiger partial charge is 0.407 e. The van der Waals surface area contributed by atoms with E-state index in [1.807, 2.05) is 13.8 Å². The predicted molar refractivity (Wildman–Crippen MR) is 78.3 cm³/mol. The molecule has 0 heterocycles. The van der Waals surface area contributed by atoms with Gasteiger partial charge in [-0.2, -0.15) is 0 Å². The average molecular weight is 282 g/mol. The summed E-state index contributed by atoms with van der Waals surface area (Å²) in [5, 5.41) is 5.73. The van der Waals surface area contributed by atoms with E-state index >= 15 is 0 Å². The normalized spacial score (nSPS) is 18.1. The van der Waals surface area contributed by atoms with Crippen LogP contribution in [-0.4, -0.2) is 30.7 Å². The highest BCUT2D eigenvalue weighted by molar-refractivity contribution is 5.86. The average Bonchev–Trinajstić information content (AvgIpc) is 2.84. The Bertz CT molecular complexity index is 381. The van der Waals surface area contributed by atoms with Gasteiger partial charge in [-0.05, 0) is 24.7 Å². The predicted octanol–water partition coefficient (Wildman–Crippen LogP) is 2.23. The molecule has 20 heavy (non-hydrogen) atoms. The number of carbonyl (C=O) groups excluding carboxylic acids is 2. The number of rotatable bonds is 5. The Labute approximate surface area is 121 Å². The summed E-state index contributed by atoms with van der Waals surface area (Å²) < 4.78 is 4.58. The molecular formula is C15H26N2O3. The molecule has 5 heteroatoms. The third-order valence-electron chi connectivity index (χ3n) is 4.02. The van der Waals surface area contributed by atoms with Crippen LogP contribution in [0.15, 0.2) is 12.2 Å². The van der Waals surface area contributed by atoms with E-state index in [4.69, 9.17) is 0 Å². The van der Waals surface area contributed by atoms with E-state index in [1.165, 1.54) is 7.11 Å². The van der Waals surface area contributed by atoms with Gasteiger partial charge in [0.2, 0.25) is 5.91 Å². The Hall–Kier alpha value is -1.52. The molecule has 5 nitrogen and oxygen atoms in total. The van der Waals surface area contributed by atoms with Crippen molar-refractivity contribution in [1.82, 2.24) is 10.6 Å². The zero-order valence-corrected chi connectivity index (χ0v) is 13.0. The van der Waals surface area contributed by atoms with Crippen molar-refractivity contribution in [3.05, 3.63) is 12.2 Å². The quantitative estimate of drug-likeness (QED) is 0.760. The van der Waals surface area contributed by atoms with Crippen LogP contribution in [0.1, 0.15) is 40.5 Å². The molecule has 0 aromatic heterocycles. The zero-order chi connectivity index (χ0) is 15.3. The lowest BCUT2D eigenvalue weighted by Crippen LogP contribution is -2.58. The molecule has 0 spiro atoms. The van der Waals surface area contributed by atoms with Crippen LogP contribution in [0.25, 0.3) is 0 Å². The highest BCUT2D eigenvalue weighted by Crippen LogP contribution is 2.31. The molecule has 0 radical (unpaired) electrons. The Morgan fingerprint density at radius 3 is 2.10 bits per heavy atom. The first-order valence-corrected chi connectivity index (χ1v) is 7.14. The molecule has 0 aliphatic heterocycles. The standard InChI is InChI=1S/C15H26N2O3/c1-10(2)12(16-14(19)20-5)13(18)17-15(11(3)4)8-6-7-9-15/h6-7,10-12H,8-9H2,1-5H3,(H,16,19)(H,17,18)/t12-/m1/s1. The number of ether oxygens (including phenoxy) is 1. The molecule has 2 N–H and O–H groups in total. The summed E-state index contributed by atoms with van der Waals surface area (Å²) in [4.78, 5) is 23.8. The lowest BCUT2D eigenvalue weighted by molar-refractivity contribution is -0.126. The molecule has 1 aliphatic carbocycles. The monoisotopic (exact) mass is 282 g/mol. The molecule has 0 aromatic carbocycles. The van der Waals surface area contributed by atoms with Crippen molar-refractivity contribution in [2.24, 2.45) is 11.8 Å². The second-order valence-electron chi connectivity index (χ2n) is 6.04. The minimum atomic E-state index is -0.585. The molecule has 0 unspecified atom stereocenters. The van der Waals surface area contributed by atoms with Crippen molar-refractivity contribution in [2.45, 2.75) is 52.1 Å². The summed E-state index contributed by atoms with van der Waals surface area (Å²) in [6.45, 7) is 8.00. The first-order chi connectivity index (χ1) is 9.32. The first kappa shape index (κ1) is 16.5. The summed E-state index contributed by atoms with van der Waals surface area (Å²) in [5.41, 5.74) is -0.234. The summed E-state index contributed by atoms with van der Waals surface area (Å²) in [7, 11) is 1.29. The number of alkyl carbamates (subject to hydrolysis) is 1. The summed E-state index contributed by atoms with van der Waals surface area (Å²) in [6, 6.07) is -0.585. The van der Waals surface area contributed by atoms with Crippen LogP contribution in [0.4, 0.5) is 4.79 Å². The van der Waals surface area contributed by atoms with Crippen LogP contribution in [0.2, 0.25) is 0 Å². The molecule has 114 valence electrons. The number of amides is 2. The lowest BCUT2D eigenvalue weighted by Gasteiger charge is -2.36. The molecule has 0 saturated heterocycles. The Morgan fingerprint density at radius 2 is 1.70 bits per heavy atom. The fourth-order valence-corrected chi connectivity index (χ4v) is 2.43. The van der Waals surface area contributed by atoms with Gasteiger partial charge in [-0.15, -0.1) is 0 Å².